The van der Waals surface area contributed by atoms with E-state index in [1.807, 2.05) is 6.92 Å². The van der Waals surface area contributed by atoms with Crippen molar-refractivity contribution in [1.29, 1.82) is 0 Å². The summed E-state index contributed by atoms with van der Waals surface area (Å²) in [4.78, 5) is 15.1. The van der Waals surface area contributed by atoms with Gasteiger partial charge in [-0.3, -0.25) is 4.79 Å². The Balaban J connectivity index is 1.48. The van der Waals surface area contributed by atoms with Crippen molar-refractivity contribution in [3.8, 4) is 0 Å². The number of rotatable bonds is 5. The molecule has 0 aliphatic carbocycles. The van der Waals surface area contributed by atoms with E-state index in [2.05, 4.69) is 63.6 Å². The highest BCUT2D eigenvalue weighted by atomic mass is 16.5. The molecule has 1 N–H and O–H groups in total. The maximum atomic E-state index is 12.8. The normalized spacial score (nSPS) is 15.7. The number of nitrogens with one attached hydrogen (secondary N) is 1. The molecule has 1 atom stereocenters. The number of morpholine rings is 1. The van der Waals surface area contributed by atoms with Gasteiger partial charge < -0.3 is 15.0 Å². The van der Waals surface area contributed by atoms with Crippen molar-refractivity contribution in [2.75, 3.05) is 31.2 Å². The Morgan fingerprint density at radius 3 is 2.55 bits per heavy atom. The average Bonchev–Trinajstić information content (AvgIpc) is 3.22. The van der Waals surface area contributed by atoms with Gasteiger partial charge in [0.15, 0.2) is 5.65 Å². The van der Waals surface area contributed by atoms with Crippen LogP contribution >= 0.6 is 0 Å². The molecule has 0 spiro atoms. The molecule has 1 aliphatic rings. The number of carbonyl (C=O) groups excluding carboxylic acids is 1. The van der Waals surface area contributed by atoms with Crippen molar-refractivity contribution in [2.45, 2.75) is 32.7 Å². The number of aromatic nitrogens is 4. The summed E-state index contributed by atoms with van der Waals surface area (Å²) in [5, 5.41) is 15.4. The van der Waals surface area contributed by atoms with E-state index in [0.29, 0.717) is 11.3 Å². The summed E-state index contributed by atoms with van der Waals surface area (Å²) in [5.74, 6) is -0.00587. The van der Waals surface area contributed by atoms with Crippen LogP contribution in [0.2, 0.25) is 0 Å². The summed E-state index contributed by atoms with van der Waals surface area (Å²) < 4.78 is 6.97. The van der Waals surface area contributed by atoms with E-state index < -0.39 is 0 Å². The van der Waals surface area contributed by atoms with E-state index in [1.54, 1.807) is 10.6 Å². The summed E-state index contributed by atoms with van der Waals surface area (Å²) in [6.07, 6.45) is 1.52. The second-order valence-electron chi connectivity index (χ2n) is 7.62. The lowest BCUT2D eigenvalue weighted by atomic mass is 10.0. The fraction of sp³-hybridized carbons (Fsp3) is 0.429. The van der Waals surface area contributed by atoms with Crippen LogP contribution in [0, 0.1) is 0 Å². The number of fused-ring (bicyclic) bond motifs is 1. The fourth-order valence-electron chi connectivity index (χ4n) is 3.54. The zero-order valence-corrected chi connectivity index (χ0v) is 17.0. The van der Waals surface area contributed by atoms with E-state index in [-0.39, 0.29) is 17.9 Å². The van der Waals surface area contributed by atoms with Crippen molar-refractivity contribution < 1.29 is 9.53 Å². The van der Waals surface area contributed by atoms with Gasteiger partial charge in [-0.1, -0.05) is 26.0 Å². The molecule has 2 aromatic heterocycles. The Bertz CT molecular complexity index is 992. The molecule has 0 saturated carbocycles. The minimum absolute atomic E-state index is 0.137. The van der Waals surface area contributed by atoms with Gasteiger partial charge in [0.1, 0.15) is 12.0 Å². The zero-order valence-electron chi connectivity index (χ0n) is 17.0. The minimum atomic E-state index is -0.216. The highest BCUT2D eigenvalue weighted by Crippen LogP contribution is 2.22. The Labute approximate surface area is 169 Å². The first-order valence-electron chi connectivity index (χ1n) is 9.97. The molecular formula is C21H26N6O2. The van der Waals surface area contributed by atoms with E-state index >= 15 is 0 Å². The maximum Gasteiger partial charge on any atom is 0.272 e. The molecule has 0 bridgehead atoms. The molecule has 1 aliphatic heterocycles. The SMILES string of the molecule is CC(C)c1cc(C(=O)N[C@H](C)c2ccc(N3CCOCC3)cc2)nn2cnnc12. The monoisotopic (exact) mass is 394 g/mol. The van der Waals surface area contributed by atoms with Crippen LogP contribution in [0.25, 0.3) is 5.65 Å². The lowest BCUT2D eigenvalue weighted by Crippen LogP contribution is -2.36. The summed E-state index contributed by atoms with van der Waals surface area (Å²) in [6.45, 7) is 9.42. The second kappa shape index (κ2) is 8.16. The molecule has 29 heavy (non-hydrogen) atoms. The number of carbonyl (C=O) groups is 1. The predicted octanol–water partition coefficient (Wildman–Crippen LogP) is 2.58. The van der Waals surface area contributed by atoms with E-state index in [0.717, 1.165) is 37.4 Å². The Morgan fingerprint density at radius 1 is 1.14 bits per heavy atom. The van der Waals surface area contributed by atoms with Crippen molar-refractivity contribution >= 4 is 17.2 Å². The zero-order chi connectivity index (χ0) is 20.4. The van der Waals surface area contributed by atoms with E-state index in [9.17, 15) is 4.79 Å². The molecular weight excluding hydrogens is 368 g/mol. The van der Waals surface area contributed by atoms with Crippen LogP contribution in [-0.4, -0.2) is 52.0 Å². The van der Waals surface area contributed by atoms with Gasteiger partial charge in [-0.05, 0) is 36.6 Å². The maximum absolute atomic E-state index is 12.8. The molecule has 1 amide bonds. The number of benzene rings is 1. The standard InChI is InChI=1S/C21H26N6O2/c1-14(2)18-12-19(25-27-13-22-24-20(18)27)21(28)23-15(3)16-4-6-17(7-5-16)26-8-10-29-11-9-26/h4-7,12-15H,8-11H2,1-3H3,(H,23,28)/t15-/m1/s1. The number of amides is 1. The first-order valence-corrected chi connectivity index (χ1v) is 9.97. The third-order valence-corrected chi connectivity index (χ3v) is 5.27. The molecule has 4 rings (SSSR count). The van der Waals surface area contributed by atoms with E-state index in [1.165, 1.54) is 12.0 Å². The molecule has 0 radical (unpaired) electrons. The van der Waals surface area contributed by atoms with Gasteiger partial charge in [0.2, 0.25) is 0 Å². The van der Waals surface area contributed by atoms with Crippen LogP contribution in [0.3, 0.4) is 0 Å². The Kier molecular flexibility index (Phi) is 5.44. The van der Waals surface area contributed by atoms with Crippen LogP contribution < -0.4 is 10.2 Å². The molecule has 1 aromatic carbocycles. The van der Waals surface area contributed by atoms with Crippen LogP contribution in [-0.2, 0) is 4.74 Å². The van der Waals surface area contributed by atoms with Gasteiger partial charge in [0, 0.05) is 24.3 Å². The smallest absolute Gasteiger partial charge is 0.272 e. The largest absolute Gasteiger partial charge is 0.378 e. The van der Waals surface area contributed by atoms with Gasteiger partial charge in [-0.25, -0.2) is 0 Å². The molecule has 8 heteroatoms. The number of anilines is 1. The average molecular weight is 394 g/mol. The number of ether oxygens (including phenoxy) is 1. The first-order chi connectivity index (χ1) is 14.0. The van der Waals surface area contributed by atoms with E-state index in [4.69, 9.17) is 4.74 Å². The first kappa shape index (κ1) is 19.3. The van der Waals surface area contributed by atoms with Gasteiger partial charge in [0.25, 0.3) is 5.91 Å². The van der Waals surface area contributed by atoms with Crippen LogP contribution in [0.4, 0.5) is 5.69 Å². The number of nitrogens with zero attached hydrogens (tertiary/aromatic N) is 5. The highest BCUT2D eigenvalue weighted by Gasteiger charge is 2.18. The summed E-state index contributed by atoms with van der Waals surface area (Å²) in [5.41, 5.74) is 4.22. The summed E-state index contributed by atoms with van der Waals surface area (Å²) >= 11 is 0. The lowest BCUT2D eigenvalue weighted by molar-refractivity contribution is 0.0933. The van der Waals surface area contributed by atoms with Crippen molar-refractivity contribution in [3.05, 3.63) is 53.5 Å². The van der Waals surface area contributed by atoms with Gasteiger partial charge in [-0.15, -0.1) is 10.2 Å². The molecule has 1 saturated heterocycles. The predicted molar refractivity (Wildman–Crippen MR) is 110 cm³/mol. The minimum Gasteiger partial charge on any atom is -0.378 e. The lowest BCUT2D eigenvalue weighted by Gasteiger charge is -2.29. The van der Waals surface area contributed by atoms with Crippen LogP contribution in [0.15, 0.2) is 36.7 Å². The second-order valence-corrected chi connectivity index (χ2v) is 7.62. The molecule has 3 aromatic rings. The van der Waals surface area contributed by atoms with Crippen molar-refractivity contribution in [3.63, 3.8) is 0 Å². The van der Waals surface area contributed by atoms with Gasteiger partial charge in [-0.2, -0.15) is 9.61 Å². The van der Waals surface area contributed by atoms with Gasteiger partial charge >= 0.3 is 0 Å². The van der Waals surface area contributed by atoms with Crippen molar-refractivity contribution in [1.82, 2.24) is 25.1 Å². The van der Waals surface area contributed by atoms with Crippen molar-refractivity contribution in [2.24, 2.45) is 0 Å². The molecule has 3 heterocycles. The van der Waals surface area contributed by atoms with Crippen LogP contribution in [0.1, 0.15) is 54.3 Å². The Hall–Kier alpha value is -3.00. The third-order valence-electron chi connectivity index (χ3n) is 5.27. The third kappa shape index (κ3) is 4.07. The summed E-state index contributed by atoms with van der Waals surface area (Å²) in [7, 11) is 0. The Morgan fingerprint density at radius 2 is 1.86 bits per heavy atom. The molecule has 152 valence electrons. The fourth-order valence-corrected chi connectivity index (χ4v) is 3.54. The molecule has 0 unspecified atom stereocenters. The number of hydrogen-bond acceptors (Lipinski definition) is 6. The number of hydrogen-bond donors (Lipinski definition) is 1. The molecule has 1 fully saturated rings. The molecule has 8 nitrogen and oxygen atoms in total. The van der Waals surface area contributed by atoms with Crippen LogP contribution in [0.5, 0.6) is 0 Å². The topological polar surface area (TPSA) is 84.7 Å². The summed E-state index contributed by atoms with van der Waals surface area (Å²) in [6, 6.07) is 9.99. The van der Waals surface area contributed by atoms with Gasteiger partial charge in [0.05, 0.1) is 19.3 Å². The highest BCUT2D eigenvalue weighted by molar-refractivity contribution is 5.93. The quantitative estimate of drug-likeness (QED) is 0.716.